The molecule has 1 N–H and O–H groups in total. The topological polar surface area (TPSA) is 58.6 Å². The van der Waals surface area contributed by atoms with Gasteiger partial charge in [0.2, 0.25) is 0 Å². The zero-order chi connectivity index (χ0) is 13.0. The fraction of sp³-hybridized carbons (Fsp3) is 0.385. The highest BCUT2D eigenvalue weighted by Gasteiger charge is 2.21. The largest absolute Gasteiger partial charge is 0.426 e. The van der Waals surface area contributed by atoms with Gasteiger partial charge in [0.25, 0.3) is 5.91 Å². The molecule has 2 rings (SSSR count). The van der Waals surface area contributed by atoms with Crippen LogP contribution in [0.4, 0.5) is 0 Å². The van der Waals surface area contributed by atoms with Crippen LogP contribution in [0.25, 0.3) is 0 Å². The van der Waals surface area contributed by atoms with Crippen molar-refractivity contribution in [3.63, 3.8) is 0 Å². The van der Waals surface area contributed by atoms with E-state index in [1.807, 2.05) is 0 Å². The maximum absolute atomic E-state index is 12.3. The van der Waals surface area contributed by atoms with Gasteiger partial charge >= 0.3 is 5.97 Å². The lowest BCUT2D eigenvalue weighted by molar-refractivity contribution is -0.131. The summed E-state index contributed by atoms with van der Waals surface area (Å²) >= 11 is 0. The quantitative estimate of drug-likeness (QED) is 0.617. The molecule has 0 spiro atoms. The first-order valence-electron chi connectivity index (χ1n) is 5.96. The Bertz CT molecular complexity index is 453. The van der Waals surface area contributed by atoms with E-state index >= 15 is 0 Å². The Morgan fingerprint density at radius 1 is 1.22 bits per heavy atom. The number of hydrogen-bond donors (Lipinski definition) is 1. The van der Waals surface area contributed by atoms with E-state index in [2.05, 4.69) is 5.32 Å². The Hall–Kier alpha value is -1.88. The predicted octanol–water partition coefficient (Wildman–Crippen LogP) is 0.657. The molecule has 0 unspecified atom stereocenters. The molecule has 1 aliphatic rings. The van der Waals surface area contributed by atoms with Gasteiger partial charge in [-0.25, -0.2) is 0 Å². The number of para-hydroxylation sites is 1. The molecule has 5 heteroatoms. The Morgan fingerprint density at radius 3 is 2.56 bits per heavy atom. The van der Waals surface area contributed by atoms with Crippen LogP contribution < -0.4 is 10.1 Å². The predicted molar refractivity (Wildman–Crippen MR) is 66.5 cm³/mol. The summed E-state index contributed by atoms with van der Waals surface area (Å²) in [4.78, 5) is 25.1. The molecule has 0 aliphatic carbocycles. The van der Waals surface area contributed by atoms with Gasteiger partial charge in [-0.2, -0.15) is 0 Å². The van der Waals surface area contributed by atoms with Crippen LogP contribution in [-0.4, -0.2) is 43.0 Å². The number of ether oxygens (including phenoxy) is 1. The lowest BCUT2D eigenvalue weighted by Gasteiger charge is -2.27. The first-order chi connectivity index (χ1) is 8.68. The second-order valence-corrected chi connectivity index (χ2v) is 4.13. The third-order valence-corrected chi connectivity index (χ3v) is 2.78. The van der Waals surface area contributed by atoms with Crippen LogP contribution in [-0.2, 0) is 4.79 Å². The first kappa shape index (κ1) is 12.6. The number of esters is 1. The van der Waals surface area contributed by atoms with Crippen molar-refractivity contribution in [1.82, 2.24) is 10.2 Å². The van der Waals surface area contributed by atoms with Crippen LogP contribution in [0.1, 0.15) is 17.3 Å². The zero-order valence-corrected chi connectivity index (χ0v) is 10.3. The van der Waals surface area contributed by atoms with Crippen LogP contribution in [0, 0.1) is 0 Å². The van der Waals surface area contributed by atoms with Crippen LogP contribution >= 0.6 is 0 Å². The lowest BCUT2D eigenvalue weighted by Crippen LogP contribution is -2.46. The zero-order valence-electron chi connectivity index (χ0n) is 10.3. The number of amides is 1. The number of hydrogen-bond acceptors (Lipinski definition) is 4. The summed E-state index contributed by atoms with van der Waals surface area (Å²) in [5.74, 6) is -0.183. The molecule has 0 bridgehead atoms. The molecule has 96 valence electrons. The average molecular weight is 248 g/mol. The van der Waals surface area contributed by atoms with Gasteiger partial charge in [-0.15, -0.1) is 0 Å². The molecule has 1 heterocycles. The van der Waals surface area contributed by atoms with Gasteiger partial charge in [0.05, 0.1) is 5.56 Å². The third kappa shape index (κ3) is 2.87. The highest BCUT2D eigenvalue weighted by Crippen LogP contribution is 2.20. The molecule has 0 radical (unpaired) electrons. The molecule has 0 atom stereocenters. The summed E-state index contributed by atoms with van der Waals surface area (Å²) < 4.78 is 5.06. The van der Waals surface area contributed by atoms with Crippen LogP contribution in [0.2, 0.25) is 0 Å². The summed E-state index contributed by atoms with van der Waals surface area (Å²) in [6.45, 7) is 4.26. The Morgan fingerprint density at radius 2 is 1.89 bits per heavy atom. The molecule has 5 nitrogen and oxygen atoms in total. The molecule has 1 aromatic carbocycles. The van der Waals surface area contributed by atoms with Gasteiger partial charge in [-0.1, -0.05) is 12.1 Å². The van der Waals surface area contributed by atoms with Crippen molar-refractivity contribution in [3.05, 3.63) is 29.8 Å². The fourth-order valence-electron chi connectivity index (χ4n) is 1.93. The molecule has 1 aliphatic heterocycles. The Kier molecular flexibility index (Phi) is 3.94. The van der Waals surface area contributed by atoms with Crippen molar-refractivity contribution in [3.8, 4) is 5.75 Å². The lowest BCUT2D eigenvalue weighted by atomic mass is 10.1. The second kappa shape index (κ2) is 5.64. The Labute approximate surface area is 106 Å². The van der Waals surface area contributed by atoms with E-state index in [0.717, 1.165) is 13.1 Å². The SMILES string of the molecule is CC(=O)Oc1ccccc1C(=O)N1CCNCC1. The van der Waals surface area contributed by atoms with E-state index < -0.39 is 5.97 Å². The summed E-state index contributed by atoms with van der Waals surface area (Å²) in [6, 6.07) is 6.83. The summed E-state index contributed by atoms with van der Waals surface area (Å²) in [5, 5.41) is 3.19. The average Bonchev–Trinajstić information content (AvgIpc) is 2.39. The number of rotatable bonds is 2. The fourth-order valence-corrected chi connectivity index (χ4v) is 1.93. The van der Waals surface area contributed by atoms with E-state index in [1.54, 1.807) is 29.2 Å². The first-order valence-corrected chi connectivity index (χ1v) is 5.96. The van der Waals surface area contributed by atoms with E-state index in [4.69, 9.17) is 4.74 Å². The molecule has 1 saturated heterocycles. The van der Waals surface area contributed by atoms with Crippen molar-refractivity contribution in [2.24, 2.45) is 0 Å². The van der Waals surface area contributed by atoms with Crippen molar-refractivity contribution in [2.45, 2.75) is 6.92 Å². The Balaban J connectivity index is 2.20. The van der Waals surface area contributed by atoms with Crippen molar-refractivity contribution in [2.75, 3.05) is 26.2 Å². The van der Waals surface area contributed by atoms with E-state index in [0.29, 0.717) is 24.4 Å². The van der Waals surface area contributed by atoms with Gasteiger partial charge < -0.3 is 15.0 Å². The second-order valence-electron chi connectivity index (χ2n) is 4.13. The monoisotopic (exact) mass is 248 g/mol. The summed E-state index contributed by atoms with van der Waals surface area (Å²) in [6.07, 6.45) is 0. The molecule has 18 heavy (non-hydrogen) atoms. The van der Waals surface area contributed by atoms with Crippen LogP contribution in [0.3, 0.4) is 0 Å². The number of nitrogens with one attached hydrogen (secondary N) is 1. The van der Waals surface area contributed by atoms with Gasteiger partial charge in [-0.05, 0) is 12.1 Å². The molecular weight excluding hydrogens is 232 g/mol. The number of carbonyl (C=O) groups is 2. The highest BCUT2D eigenvalue weighted by molar-refractivity contribution is 5.97. The van der Waals surface area contributed by atoms with Gasteiger partial charge in [0.15, 0.2) is 0 Å². The van der Waals surface area contributed by atoms with Crippen LogP contribution in [0.5, 0.6) is 5.75 Å². The van der Waals surface area contributed by atoms with Crippen molar-refractivity contribution < 1.29 is 14.3 Å². The van der Waals surface area contributed by atoms with Crippen molar-refractivity contribution in [1.29, 1.82) is 0 Å². The van der Waals surface area contributed by atoms with Crippen LogP contribution in [0.15, 0.2) is 24.3 Å². The van der Waals surface area contributed by atoms with Gasteiger partial charge in [0.1, 0.15) is 5.75 Å². The van der Waals surface area contributed by atoms with E-state index in [-0.39, 0.29) is 5.91 Å². The smallest absolute Gasteiger partial charge is 0.308 e. The minimum absolute atomic E-state index is 0.0895. The minimum Gasteiger partial charge on any atom is -0.426 e. The molecule has 1 amide bonds. The summed E-state index contributed by atoms with van der Waals surface area (Å²) in [5.41, 5.74) is 0.439. The van der Waals surface area contributed by atoms with Gasteiger partial charge in [-0.3, -0.25) is 9.59 Å². The standard InChI is InChI=1S/C13H16N2O3/c1-10(16)18-12-5-3-2-4-11(12)13(17)15-8-6-14-7-9-15/h2-5,14H,6-9H2,1H3. The molecule has 0 saturated carbocycles. The normalized spacial score (nSPS) is 15.3. The number of piperazine rings is 1. The van der Waals surface area contributed by atoms with E-state index in [1.165, 1.54) is 6.92 Å². The van der Waals surface area contributed by atoms with E-state index in [9.17, 15) is 9.59 Å². The number of benzene rings is 1. The number of nitrogens with zero attached hydrogens (tertiary/aromatic N) is 1. The number of carbonyl (C=O) groups excluding carboxylic acids is 2. The van der Waals surface area contributed by atoms with Gasteiger partial charge in [0, 0.05) is 33.1 Å². The third-order valence-electron chi connectivity index (χ3n) is 2.78. The van der Waals surface area contributed by atoms with Crippen molar-refractivity contribution >= 4 is 11.9 Å². The minimum atomic E-state index is -0.421. The summed E-state index contributed by atoms with van der Waals surface area (Å²) in [7, 11) is 0. The molecule has 1 aromatic rings. The molecule has 1 fully saturated rings. The molecule has 0 aromatic heterocycles. The maximum Gasteiger partial charge on any atom is 0.308 e. The highest BCUT2D eigenvalue weighted by atomic mass is 16.5. The molecular formula is C13H16N2O3. The maximum atomic E-state index is 12.3.